The first-order chi connectivity index (χ1) is 3.27. The fourth-order valence-electron chi connectivity index (χ4n) is 0. The van der Waals surface area contributed by atoms with Crippen molar-refractivity contribution in [2.45, 2.75) is 6.92 Å². The average molecular weight is 102 g/mol. The van der Waals surface area contributed by atoms with Gasteiger partial charge in [-0.1, -0.05) is 0 Å². The van der Waals surface area contributed by atoms with Crippen LogP contribution in [0.3, 0.4) is 0 Å². The van der Waals surface area contributed by atoms with Crippen molar-refractivity contribution in [2.75, 3.05) is 7.05 Å². The predicted molar refractivity (Wildman–Crippen MR) is 28.7 cm³/mol. The van der Waals surface area contributed by atoms with Gasteiger partial charge < -0.3 is 5.73 Å². The Kier molecular flexibility index (Phi) is 12.0. The Morgan fingerprint density at radius 3 is 1.71 bits per heavy atom. The smallest absolute Gasteiger partial charge is 0.0902 e. The van der Waals surface area contributed by atoms with Crippen molar-refractivity contribution in [2.24, 2.45) is 10.7 Å². The van der Waals surface area contributed by atoms with Crippen LogP contribution >= 0.6 is 0 Å². The van der Waals surface area contributed by atoms with E-state index in [1.807, 2.05) is 0 Å². The predicted octanol–water partition coefficient (Wildman–Crippen LogP) is 0.589. The van der Waals surface area contributed by atoms with Crippen LogP contribution in [0.2, 0.25) is 0 Å². The van der Waals surface area contributed by atoms with E-state index in [0.29, 0.717) is 5.84 Å². The van der Waals surface area contributed by atoms with Gasteiger partial charge in [0.1, 0.15) is 0 Å². The number of hydrogen-bond donors (Lipinski definition) is 3. The maximum atomic E-state index is 5.04. The number of rotatable bonds is 0. The molecular weight excluding hydrogens is 92.1 g/mol. The summed E-state index contributed by atoms with van der Waals surface area (Å²) in [5, 5.41) is 0. The van der Waals surface area contributed by atoms with Crippen LogP contribution in [0.1, 0.15) is 6.92 Å². The molecule has 0 aromatic carbocycles. The zero-order valence-corrected chi connectivity index (χ0v) is 4.52. The SMILES string of the molecule is CN=C(C)N.N=N. The topological polar surface area (TPSA) is 86.1 Å². The van der Waals surface area contributed by atoms with Crippen LogP contribution in [0.15, 0.2) is 4.99 Å². The highest BCUT2D eigenvalue weighted by atomic mass is 14.8. The molecule has 0 aliphatic rings. The molecule has 0 amide bonds. The molecule has 4 heteroatoms. The lowest BCUT2D eigenvalue weighted by atomic mass is 10.7. The summed E-state index contributed by atoms with van der Waals surface area (Å²) in [6.07, 6.45) is 0. The molecular formula is C3H10N4. The normalized spacial score (nSPS) is 9.14. The Labute approximate surface area is 42.7 Å². The van der Waals surface area contributed by atoms with Crippen LogP contribution in [-0.4, -0.2) is 12.9 Å². The van der Waals surface area contributed by atoms with Gasteiger partial charge in [0.15, 0.2) is 0 Å². The monoisotopic (exact) mass is 102 g/mol. The number of hydrogen-bond acceptors (Lipinski definition) is 3. The lowest BCUT2D eigenvalue weighted by molar-refractivity contribution is 1.05. The largest absolute Gasteiger partial charge is 0.388 e. The highest BCUT2D eigenvalue weighted by molar-refractivity contribution is 5.77. The third-order valence-corrected chi connectivity index (χ3v) is 0.353. The van der Waals surface area contributed by atoms with Gasteiger partial charge in [-0.15, -0.1) is 0 Å². The van der Waals surface area contributed by atoms with E-state index in [1.54, 1.807) is 14.0 Å². The molecule has 0 aliphatic heterocycles. The third-order valence-electron chi connectivity index (χ3n) is 0.353. The number of nitrogens with one attached hydrogen (secondary N) is 2. The molecule has 0 rings (SSSR count). The van der Waals surface area contributed by atoms with Gasteiger partial charge in [-0.3, -0.25) is 4.99 Å². The maximum absolute atomic E-state index is 5.04. The Bertz CT molecular complexity index is 54.0. The van der Waals surface area contributed by atoms with Gasteiger partial charge in [-0.25, -0.2) is 11.1 Å². The molecule has 0 atom stereocenters. The molecule has 0 heterocycles. The van der Waals surface area contributed by atoms with E-state index in [1.165, 1.54) is 0 Å². The molecule has 7 heavy (non-hydrogen) atoms. The highest BCUT2D eigenvalue weighted by Gasteiger charge is 1.61. The van der Waals surface area contributed by atoms with E-state index >= 15 is 0 Å². The summed E-state index contributed by atoms with van der Waals surface area (Å²) in [4.78, 5) is 3.58. The first kappa shape index (κ1) is 9.42. The van der Waals surface area contributed by atoms with Crippen LogP contribution < -0.4 is 5.73 Å². The van der Waals surface area contributed by atoms with E-state index < -0.39 is 0 Å². The van der Waals surface area contributed by atoms with E-state index in [-0.39, 0.29) is 0 Å². The Morgan fingerprint density at radius 2 is 1.71 bits per heavy atom. The van der Waals surface area contributed by atoms with Crippen molar-refractivity contribution in [1.29, 1.82) is 11.1 Å². The van der Waals surface area contributed by atoms with Gasteiger partial charge in [0, 0.05) is 7.05 Å². The standard InChI is InChI=1S/C3H8N2.H2N2/c1-3(4)5-2;1-2/h1-2H3,(H2,4,5);1-2H. The fourth-order valence-corrected chi connectivity index (χ4v) is 0. The number of amidine groups is 1. The summed E-state index contributed by atoms with van der Waals surface area (Å²) >= 11 is 0. The molecule has 0 saturated heterocycles. The molecule has 0 radical (unpaired) electrons. The summed E-state index contributed by atoms with van der Waals surface area (Å²) in [6.45, 7) is 1.75. The average Bonchev–Trinajstić information content (AvgIpc) is 1.73. The molecule has 4 N–H and O–H groups in total. The van der Waals surface area contributed by atoms with Gasteiger partial charge >= 0.3 is 0 Å². The lowest BCUT2D eigenvalue weighted by Gasteiger charge is -1.76. The van der Waals surface area contributed by atoms with Crippen molar-refractivity contribution in [3.63, 3.8) is 0 Å². The number of aliphatic imine (C=N–C) groups is 1. The van der Waals surface area contributed by atoms with Crippen molar-refractivity contribution in [1.82, 2.24) is 0 Å². The number of nitrogens with two attached hydrogens (primary N) is 1. The molecule has 4 nitrogen and oxygen atoms in total. The van der Waals surface area contributed by atoms with Gasteiger partial charge in [-0.05, 0) is 6.92 Å². The summed E-state index contributed by atoms with van der Waals surface area (Å²) in [6, 6.07) is 0. The minimum atomic E-state index is 0.630. The van der Waals surface area contributed by atoms with E-state index in [9.17, 15) is 0 Å². The summed E-state index contributed by atoms with van der Waals surface area (Å²) < 4.78 is 0. The van der Waals surface area contributed by atoms with Gasteiger partial charge in [0.2, 0.25) is 0 Å². The molecule has 0 fully saturated rings. The Morgan fingerprint density at radius 1 is 1.57 bits per heavy atom. The lowest BCUT2D eigenvalue weighted by Crippen LogP contribution is -2.03. The molecule has 0 bridgehead atoms. The molecule has 0 unspecified atom stereocenters. The minimum absolute atomic E-state index is 0.630. The first-order valence-electron chi connectivity index (χ1n) is 1.71. The molecule has 0 spiro atoms. The van der Waals surface area contributed by atoms with Crippen LogP contribution in [0, 0.1) is 11.1 Å². The minimum Gasteiger partial charge on any atom is -0.388 e. The Hall–Kier alpha value is -0.930. The van der Waals surface area contributed by atoms with Crippen molar-refractivity contribution in [3.05, 3.63) is 0 Å². The number of nitrogens with zero attached hydrogens (tertiary/aromatic N) is 1. The zero-order chi connectivity index (χ0) is 6.28. The van der Waals surface area contributed by atoms with E-state index in [4.69, 9.17) is 16.8 Å². The molecule has 0 aromatic rings. The van der Waals surface area contributed by atoms with E-state index in [2.05, 4.69) is 4.99 Å². The van der Waals surface area contributed by atoms with Crippen molar-refractivity contribution >= 4 is 5.84 Å². The van der Waals surface area contributed by atoms with Gasteiger partial charge in [0.05, 0.1) is 5.84 Å². The summed E-state index contributed by atoms with van der Waals surface area (Å²) in [5.74, 6) is 0.630. The second-order valence-corrected chi connectivity index (χ2v) is 0.865. The Balaban J connectivity index is 0. The van der Waals surface area contributed by atoms with Crippen molar-refractivity contribution in [3.8, 4) is 0 Å². The maximum Gasteiger partial charge on any atom is 0.0902 e. The summed E-state index contributed by atoms with van der Waals surface area (Å²) in [5.41, 5.74) is 15.0. The van der Waals surface area contributed by atoms with E-state index in [0.717, 1.165) is 0 Å². The fraction of sp³-hybridized carbons (Fsp3) is 0.667. The van der Waals surface area contributed by atoms with Crippen LogP contribution in [0.4, 0.5) is 0 Å². The highest BCUT2D eigenvalue weighted by Crippen LogP contribution is 1.52. The molecule has 42 valence electrons. The van der Waals surface area contributed by atoms with Crippen molar-refractivity contribution < 1.29 is 0 Å². The van der Waals surface area contributed by atoms with Crippen LogP contribution in [-0.2, 0) is 0 Å². The zero-order valence-electron chi connectivity index (χ0n) is 4.52. The van der Waals surface area contributed by atoms with Gasteiger partial charge in [0.25, 0.3) is 0 Å². The quantitative estimate of drug-likeness (QED) is 0.233. The van der Waals surface area contributed by atoms with Gasteiger partial charge in [-0.2, -0.15) is 0 Å². The second kappa shape index (κ2) is 8.91. The van der Waals surface area contributed by atoms with Crippen LogP contribution in [0.25, 0.3) is 0 Å². The summed E-state index contributed by atoms with van der Waals surface area (Å²) in [7, 11) is 1.66. The third kappa shape index (κ3) is 41.7. The van der Waals surface area contributed by atoms with Crippen LogP contribution in [0.5, 0.6) is 0 Å². The molecule has 0 aromatic heterocycles. The molecule has 0 aliphatic carbocycles. The first-order valence-corrected chi connectivity index (χ1v) is 1.71. The second-order valence-electron chi connectivity index (χ2n) is 0.865. The molecule has 0 saturated carbocycles.